The van der Waals surface area contributed by atoms with Crippen LogP contribution in [0.4, 0.5) is 0 Å². The van der Waals surface area contributed by atoms with Crippen LogP contribution in [0.2, 0.25) is 0 Å². The van der Waals surface area contributed by atoms with Crippen LogP contribution in [0.1, 0.15) is 38.0 Å². The maximum Gasteiger partial charge on any atom is 0.302 e. The SMILES string of the molecule is CC(=O)OCC1(C)C(C)OC1c1ccc(CO)cc1. The second-order valence-corrected chi connectivity index (χ2v) is 5.34. The molecule has 0 saturated carbocycles. The molecule has 0 bridgehead atoms. The molecule has 4 nitrogen and oxygen atoms in total. The molecule has 0 aliphatic carbocycles. The standard InChI is InChI=1S/C15H20O4/c1-10-15(3,9-18-11(2)17)14(19-10)13-6-4-12(8-16)5-7-13/h4-7,10,14,16H,8-9H2,1-3H3. The van der Waals surface area contributed by atoms with Gasteiger partial charge in [0.05, 0.1) is 24.2 Å². The van der Waals surface area contributed by atoms with Crippen LogP contribution in [0.3, 0.4) is 0 Å². The predicted octanol–water partition coefficient (Wildman–Crippen LogP) is 2.21. The summed E-state index contributed by atoms with van der Waals surface area (Å²) in [4.78, 5) is 11.0. The van der Waals surface area contributed by atoms with Gasteiger partial charge in [-0.25, -0.2) is 0 Å². The van der Waals surface area contributed by atoms with Crippen LogP contribution >= 0.6 is 0 Å². The number of ether oxygens (including phenoxy) is 2. The minimum atomic E-state index is -0.269. The van der Waals surface area contributed by atoms with Crippen LogP contribution in [0.25, 0.3) is 0 Å². The van der Waals surface area contributed by atoms with Crippen LogP contribution in [0.5, 0.6) is 0 Å². The van der Waals surface area contributed by atoms with Crippen LogP contribution in [-0.2, 0) is 20.9 Å². The van der Waals surface area contributed by atoms with E-state index < -0.39 is 0 Å². The highest BCUT2D eigenvalue weighted by molar-refractivity contribution is 5.65. The molecule has 104 valence electrons. The van der Waals surface area contributed by atoms with Gasteiger partial charge in [-0.1, -0.05) is 31.2 Å². The van der Waals surface area contributed by atoms with Crippen LogP contribution < -0.4 is 0 Å². The average molecular weight is 264 g/mol. The molecule has 1 fully saturated rings. The molecular formula is C15H20O4. The van der Waals surface area contributed by atoms with E-state index in [1.807, 2.05) is 31.2 Å². The van der Waals surface area contributed by atoms with E-state index in [1.54, 1.807) is 0 Å². The van der Waals surface area contributed by atoms with Crippen molar-refractivity contribution in [3.05, 3.63) is 35.4 Å². The molecule has 1 heterocycles. The summed E-state index contributed by atoms with van der Waals surface area (Å²) in [5.74, 6) is -0.269. The zero-order valence-corrected chi connectivity index (χ0v) is 11.6. The molecule has 19 heavy (non-hydrogen) atoms. The molecule has 3 unspecified atom stereocenters. The summed E-state index contributed by atoms with van der Waals surface area (Å²) < 4.78 is 10.9. The normalized spacial score (nSPS) is 29.7. The van der Waals surface area contributed by atoms with Crippen LogP contribution in [0, 0.1) is 5.41 Å². The molecule has 1 aromatic carbocycles. The van der Waals surface area contributed by atoms with Gasteiger partial charge in [0.2, 0.25) is 0 Å². The number of aliphatic hydroxyl groups is 1. The number of hydrogen-bond acceptors (Lipinski definition) is 4. The van der Waals surface area contributed by atoms with Crippen LogP contribution in [-0.4, -0.2) is 23.8 Å². The highest BCUT2D eigenvalue weighted by Crippen LogP contribution is 2.51. The third-order valence-corrected chi connectivity index (χ3v) is 3.92. The number of carbonyl (C=O) groups is 1. The monoisotopic (exact) mass is 264 g/mol. The first-order valence-corrected chi connectivity index (χ1v) is 6.46. The predicted molar refractivity (Wildman–Crippen MR) is 70.4 cm³/mol. The van der Waals surface area contributed by atoms with Crippen molar-refractivity contribution in [1.82, 2.24) is 0 Å². The maximum atomic E-state index is 11.0. The summed E-state index contributed by atoms with van der Waals surface area (Å²) in [6, 6.07) is 7.67. The number of carbonyl (C=O) groups excluding carboxylic acids is 1. The average Bonchev–Trinajstić information content (AvgIpc) is 2.42. The summed E-state index contributed by atoms with van der Waals surface area (Å²) in [5.41, 5.74) is 1.72. The Morgan fingerprint density at radius 1 is 1.42 bits per heavy atom. The minimum absolute atomic E-state index is 0.0346. The topological polar surface area (TPSA) is 55.8 Å². The summed E-state index contributed by atoms with van der Waals surface area (Å²) in [6.07, 6.45) is -0.0241. The number of esters is 1. The molecular weight excluding hydrogens is 244 g/mol. The van der Waals surface area contributed by atoms with Gasteiger partial charge in [-0.3, -0.25) is 4.79 Å². The molecule has 0 radical (unpaired) electrons. The molecule has 1 N–H and O–H groups in total. The highest BCUT2D eigenvalue weighted by atomic mass is 16.6. The van der Waals surface area contributed by atoms with Gasteiger partial charge in [0.25, 0.3) is 0 Å². The molecule has 3 atom stereocenters. The van der Waals surface area contributed by atoms with E-state index in [1.165, 1.54) is 6.92 Å². The van der Waals surface area contributed by atoms with Crippen molar-refractivity contribution in [2.24, 2.45) is 5.41 Å². The second-order valence-electron chi connectivity index (χ2n) is 5.34. The second kappa shape index (κ2) is 5.31. The Hall–Kier alpha value is -1.39. The van der Waals surface area contributed by atoms with Gasteiger partial charge < -0.3 is 14.6 Å². The lowest BCUT2D eigenvalue weighted by Crippen LogP contribution is -2.53. The van der Waals surface area contributed by atoms with E-state index in [2.05, 4.69) is 6.92 Å². The zero-order chi connectivity index (χ0) is 14.0. The van der Waals surface area contributed by atoms with Crippen molar-refractivity contribution < 1.29 is 19.4 Å². The Morgan fingerprint density at radius 2 is 2.05 bits per heavy atom. The molecule has 1 saturated heterocycles. The van der Waals surface area contributed by atoms with Crippen molar-refractivity contribution in [2.45, 2.75) is 39.6 Å². The lowest BCUT2D eigenvalue weighted by molar-refractivity contribution is -0.255. The van der Waals surface area contributed by atoms with E-state index in [4.69, 9.17) is 14.6 Å². The Balaban J connectivity index is 2.12. The summed E-state index contributed by atoms with van der Waals surface area (Å²) >= 11 is 0. The zero-order valence-electron chi connectivity index (χ0n) is 11.6. The Bertz CT molecular complexity index is 454. The van der Waals surface area contributed by atoms with Gasteiger partial charge in [0.1, 0.15) is 6.61 Å². The van der Waals surface area contributed by atoms with Crippen molar-refractivity contribution in [2.75, 3.05) is 6.61 Å². The Labute approximate surface area is 113 Å². The largest absolute Gasteiger partial charge is 0.465 e. The van der Waals surface area contributed by atoms with E-state index in [-0.39, 0.29) is 30.2 Å². The van der Waals surface area contributed by atoms with Crippen molar-refractivity contribution >= 4 is 5.97 Å². The molecule has 1 aliphatic rings. The molecule has 4 heteroatoms. The number of rotatable bonds is 4. The molecule has 0 spiro atoms. The minimum Gasteiger partial charge on any atom is -0.465 e. The number of hydrogen-bond donors (Lipinski definition) is 1. The van der Waals surface area contributed by atoms with Gasteiger partial charge >= 0.3 is 5.97 Å². The fourth-order valence-corrected chi connectivity index (χ4v) is 2.36. The highest BCUT2D eigenvalue weighted by Gasteiger charge is 2.52. The van der Waals surface area contributed by atoms with E-state index in [9.17, 15) is 4.79 Å². The molecule has 2 rings (SSSR count). The van der Waals surface area contributed by atoms with E-state index in [0.717, 1.165) is 11.1 Å². The first kappa shape index (κ1) is 14.0. The first-order valence-electron chi connectivity index (χ1n) is 6.46. The third kappa shape index (κ3) is 2.65. The first-order chi connectivity index (χ1) is 8.97. The number of benzene rings is 1. The maximum absolute atomic E-state index is 11.0. The molecule has 1 aliphatic heterocycles. The third-order valence-electron chi connectivity index (χ3n) is 3.92. The Morgan fingerprint density at radius 3 is 2.53 bits per heavy atom. The summed E-state index contributed by atoms with van der Waals surface area (Å²) in [6.45, 7) is 5.86. The lowest BCUT2D eigenvalue weighted by atomic mass is 9.72. The lowest BCUT2D eigenvalue weighted by Gasteiger charge is -2.52. The van der Waals surface area contributed by atoms with Crippen molar-refractivity contribution in [3.8, 4) is 0 Å². The van der Waals surface area contributed by atoms with E-state index in [0.29, 0.717) is 6.61 Å². The van der Waals surface area contributed by atoms with Gasteiger partial charge in [0.15, 0.2) is 0 Å². The van der Waals surface area contributed by atoms with Gasteiger partial charge in [-0.05, 0) is 18.1 Å². The fourth-order valence-electron chi connectivity index (χ4n) is 2.36. The Kier molecular flexibility index (Phi) is 3.92. The van der Waals surface area contributed by atoms with E-state index >= 15 is 0 Å². The molecule has 0 amide bonds. The van der Waals surface area contributed by atoms with Gasteiger partial charge in [-0.15, -0.1) is 0 Å². The van der Waals surface area contributed by atoms with Crippen LogP contribution in [0.15, 0.2) is 24.3 Å². The summed E-state index contributed by atoms with van der Waals surface area (Å²) in [7, 11) is 0. The quantitative estimate of drug-likeness (QED) is 0.847. The molecule has 1 aromatic rings. The van der Waals surface area contributed by atoms with Gasteiger partial charge in [0, 0.05) is 6.92 Å². The van der Waals surface area contributed by atoms with Crippen molar-refractivity contribution in [3.63, 3.8) is 0 Å². The summed E-state index contributed by atoms with van der Waals surface area (Å²) in [5, 5.41) is 9.04. The van der Waals surface area contributed by atoms with Gasteiger partial charge in [-0.2, -0.15) is 0 Å². The van der Waals surface area contributed by atoms with Crippen molar-refractivity contribution in [1.29, 1.82) is 0 Å². The molecule has 0 aromatic heterocycles. The smallest absolute Gasteiger partial charge is 0.302 e. The number of aliphatic hydroxyl groups excluding tert-OH is 1. The fraction of sp³-hybridized carbons (Fsp3) is 0.533.